The van der Waals surface area contributed by atoms with Crippen LogP contribution in [-0.2, 0) is 0 Å². The number of rotatable bonds is 1. The summed E-state index contributed by atoms with van der Waals surface area (Å²) in [5.74, 6) is 2.98. The first kappa shape index (κ1) is 12.0. The van der Waals surface area contributed by atoms with Crippen molar-refractivity contribution in [2.75, 3.05) is 0 Å². The fourth-order valence-electron chi connectivity index (χ4n) is 0.899. The summed E-state index contributed by atoms with van der Waals surface area (Å²) >= 11 is 5.79. The second-order valence-electron chi connectivity index (χ2n) is 4.20. The van der Waals surface area contributed by atoms with Crippen LogP contribution in [0.4, 0.5) is 0 Å². The van der Waals surface area contributed by atoms with Gasteiger partial charge in [-0.15, -0.1) is 5.54 Å². The van der Waals surface area contributed by atoms with Crippen molar-refractivity contribution in [3.8, 4) is 11.5 Å². The fraction of sp³-hybridized carbons (Fsp3) is 0.273. The largest absolute Gasteiger partial charge is 0.296 e. The van der Waals surface area contributed by atoms with E-state index in [2.05, 4.69) is 36.1 Å². The molecule has 1 aromatic heterocycles. The molecule has 1 aromatic rings. The topological polar surface area (TPSA) is 30.0 Å². The predicted molar refractivity (Wildman–Crippen MR) is 64.9 cm³/mol. The van der Waals surface area contributed by atoms with E-state index >= 15 is 0 Å². The van der Waals surface area contributed by atoms with Crippen molar-refractivity contribution in [2.24, 2.45) is 0 Å². The molecule has 0 aliphatic heterocycles. The van der Waals surface area contributed by atoms with Gasteiger partial charge in [-0.2, -0.15) is 0 Å². The second kappa shape index (κ2) is 4.60. The lowest BCUT2D eigenvalue weighted by molar-refractivity contribution is 0.111. The molecule has 0 aliphatic rings. The molecule has 15 heavy (non-hydrogen) atoms. The van der Waals surface area contributed by atoms with Crippen LogP contribution in [0, 0.1) is 11.5 Å². The number of carbonyl (C=O) groups is 1. The van der Waals surface area contributed by atoms with Gasteiger partial charge in [0.15, 0.2) is 6.29 Å². The van der Waals surface area contributed by atoms with Crippen molar-refractivity contribution in [2.45, 2.75) is 19.6 Å². The van der Waals surface area contributed by atoms with E-state index in [0.717, 1.165) is 0 Å². The first-order valence-corrected chi connectivity index (χ1v) is 8.44. The minimum atomic E-state index is -1.44. The molecule has 0 atom stereocenters. The Bertz CT molecular complexity index is 440. The molecule has 1 rings (SSSR count). The molecule has 0 fully saturated rings. The Morgan fingerprint density at radius 2 is 2.13 bits per heavy atom. The van der Waals surface area contributed by atoms with E-state index in [0.29, 0.717) is 22.6 Å². The highest BCUT2D eigenvalue weighted by Crippen LogP contribution is 2.11. The fourth-order valence-corrected chi connectivity index (χ4v) is 1.57. The van der Waals surface area contributed by atoms with Crippen molar-refractivity contribution in [1.29, 1.82) is 0 Å². The SMILES string of the molecule is C[Si](C)(C)C#Cc1cc(Cl)cnc1C=O. The molecule has 0 bridgehead atoms. The molecule has 0 unspecified atom stereocenters. The smallest absolute Gasteiger partial charge is 0.169 e. The van der Waals surface area contributed by atoms with Crippen molar-refractivity contribution < 1.29 is 4.79 Å². The highest BCUT2D eigenvalue weighted by Gasteiger charge is 2.08. The first-order valence-electron chi connectivity index (χ1n) is 4.56. The summed E-state index contributed by atoms with van der Waals surface area (Å²) in [6.45, 7) is 6.41. The summed E-state index contributed by atoms with van der Waals surface area (Å²) in [6.07, 6.45) is 2.15. The van der Waals surface area contributed by atoms with Gasteiger partial charge in [0.05, 0.1) is 10.6 Å². The standard InChI is InChI=1S/C11H12ClNOSi/c1-15(2,3)5-4-9-6-10(12)7-13-11(9)8-14/h6-8H,1-3H3. The quantitative estimate of drug-likeness (QED) is 0.427. The zero-order chi connectivity index (χ0) is 11.5. The Labute approximate surface area is 95.7 Å². The van der Waals surface area contributed by atoms with Gasteiger partial charge >= 0.3 is 0 Å². The third-order valence-electron chi connectivity index (χ3n) is 1.57. The van der Waals surface area contributed by atoms with Gasteiger partial charge in [0.2, 0.25) is 0 Å². The number of pyridine rings is 1. The van der Waals surface area contributed by atoms with E-state index in [1.54, 1.807) is 6.07 Å². The third kappa shape index (κ3) is 3.86. The monoisotopic (exact) mass is 237 g/mol. The van der Waals surface area contributed by atoms with Crippen LogP contribution in [0.1, 0.15) is 16.1 Å². The third-order valence-corrected chi connectivity index (χ3v) is 2.65. The van der Waals surface area contributed by atoms with E-state index in [4.69, 9.17) is 11.6 Å². The molecule has 0 saturated heterocycles. The maximum absolute atomic E-state index is 10.7. The van der Waals surface area contributed by atoms with Gasteiger partial charge in [-0.25, -0.2) is 0 Å². The molecule has 2 nitrogen and oxygen atoms in total. The van der Waals surface area contributed by atoms with Gasteiger partial charge in [-0.05, 0) is 6.07 Å². The Balaban J connectivity index is 3.17. The summed E-state index contributed by atoms with van der Waals surface area (Å²) in [5, 5.41) is 0.500. The van der Waals surface area contributed by atoms with Gasteiger partial charge in [0.25, 0.3) is 0 Å². The highest BCUT2D eigenvalue weighted by molar-refractivity contribution is 6.83. The van der Waals surface area contributed by atoms with Crippen LogP contribution in [0.5, 0.6) is 0 Å². The molecule has 4 heteroatoms. The van der Waals surface area contributed by atoms with Crippen molar-refractivity contribution in [1.82, 2.24) is 4.98 Å². The summed E-state index contributed by atoms with van der Waals surface area (Å²) in [4.78, 5) is 14.6. The summed E-state index contributed by atoms with van der Waals surface area (Å²) in [5.41, 5.74) is 4.13. The lowest BCUT2D eigenvalue weighted by Crippen LogP contribution is -2.16. The van der Waals surface area contributed by atoms with Crippen molar-refractivity contribution >= 4 is 26.0 Å². The van der Waals surface area contributed by atoms with E-state index < -0.39 is 8.07 Å². The molecule has 0 spiro atoms. The molecule has 0 aromatic carbocycles. The van der Waals surface area contributed by atoms with Crippen molar-refractivity contribution in [3.63, 3.8) is 0 Å². The van der Waals surface area contributed by atoms with Gasteiger partial charge in [-0.3, -0.25) is 9.78 Å². The summed E-state index contributed by atoms with van der Waals surface area (Å²) < 4.78 is 0. The van der Waals surface area contributed by atoms with Crippen LogP contribution < -0.4 is 0 Å². The van der Waals surface area contributed by atoms with Crippen LogP contribution >= 0.6 is 11.6 Å². The van der Waals surface area contributed by atoms with Gasteiger partial charge in [-0.1, -0.05) is 37.2 Å². The van der Waals surface area contributed by atoms with E-state index in [9.17, 15) is 4.79 Å². The average Bonchev–Trinajstić information content (AvgIpc) is 2.14. The molecule has 0 amide bonds. The highest BCUT2D eigenvalue weighted by atomic mass is 35.5. The number of aldehydes is 1. The summed E-state index contributed by atoms with van der Waals surface area (Å²) in [7, 11) is -1.44. The number of nitrogens with zero attached hydrogens (tertiary/aromatic N) is 1. The van der Waals surface area contributed by atoms with Gasteiger partial charge in [0, 0.05) is 6.20 Å². The van der Waals surface area contributed by atoms with E-state index in [-0.39, 0.29) is 0 Å². The lowest BCUT2D eigenvalue weighted by Gasteiger charge is -2.03. The first-order chi connectivity index (χ1) is 6.92. The van der Waals surface area contributed by atoms with Gasteiger partial charge in [0.1, 0.15) is 13.8 Å². The van der Waals surface area contributed by atoms with Crippen LogP contribution in [0.2, 0.25) is 24.7 Å². The molecular formula is C11H12ClNOSi. The zero-order valence-electron chi connectivity index (χ0n) is 8.97. The van der Waals surface area contributed by atoms with Crippen LogP contribution in [0.25, 0.3) is 0 Å². The van der Waals surface area contributed by atoms with Gasteiger partial charge < -0.3 is 0 Å². The Morgan fingerprint density at radius 1 is 1.47 bits per heavy atom. The predicted octanol–water partition coefficient (Wildman–Crippen LogP) is 2.78. The molecule has 0 aliphatic carbocycles. The number of aromatic nitrogens is 1. The normalized spacial score (nSPS) is 10.4. The second-order valence-corrected chi connectivity index (χ2v) is 9.39. The number of halogens is 1. The number of hydrogen-bond donors (Lipinski definition) is 0. The minimum absolute atomic E-state index is 0.352. The minimum Gasteiger partial charge on any atom is -0.296 e. The Hall–Kier alpha value is -1.11. The molecule has 1 heterocycles. The Kier molecular flexibility index (Phi) is 3.67. The molecule has 0 radical (unpaired) electrons. The molecule has 0 saturated carbocycles. The Morgan fingerprint density at radius 3 is 2.67 bits per heavy atom. The maximum Gasteiger partial charge on any atom is 0.169 e. The van der Waals surface area contributed by atoms with Crippen LogP contribution in [0.3, 0.4) is 0 Å². The van der Waals surface area contributed by atoms with E-state index in [1.807, 2.05) is 0 Å². The van der Waals surface area contributed by atoms with Crippen molar-refractivity contribution in [3.05, 3.63) is 28.5 Å². The molecule has 78 valence electrons. The molecule has 0 N–H and O–H groups in total. The number of carbonyl (C=O) groups excluding carboxylic acids is 1. The lowest BCUT2D eigenvalue weighted by atomic mass is 10.2. The number of hydrogen-bond acceptors (Lipinski definition) is 2. The average molecular weight is 238 g/mol. The maximum atomic E-state index is 10.7. The molecular weight excluding hydrogens is 226 g/mol. The van der Waals surface area contributed by atoms with Crippen LogP contribution in [0.15, 0.2) is 12.3 Å². The zero-order valence-corrected chi connectivity index (χ0v) is 10.7. The summed E-state index contributed by atoms with van der Waals surface area (Å²) in [6, 6.07) is 1.67. The van der Waals surface area contributed by atoms with Crippen LogP contribution in [-0.4, -0.2) is 19.3 Å². The van der Waals surface area contributed by atoms with E-state index in [1.165, 1.54) is 6.20 Å².